The molecule has 3 heterocycles. The molecule has 0 N–H and O–H groups in total. The van der Waals surface area contributed by atoms with E-state index in [1.165, 1.54) is 31.4 Å². The zero-order valence-electron chi connectivity index (χ0n) is 11.5. The van der Waals surface area contributed by atoms with Gasteiger partial charge in [-0.2, -0.15) is 0 Å². The van der Waals surface area contributed by atoms with Crippen molar-refractivity contribution in [1.29, 1.82) is 0 Å². The molecule has 1 aliphatic carbocycles. The van der Waals surface area contributed by atoms with Crippen LogP contribution in [0.2, 0.25) is 0 Å². The first-order valence-electron chi connectivity index (χ1n) is 7.43. The fourth-order valence-electron chi connectivity index (χ4n) is 2.95. The van der Waals surface area contributed by atoms with Crippen LogP contribution in [0.25, 0.3) is 0 Å². The molecule has 2 fully saturated rings. The molecule has 106 valence electrons. The van der Waals surface area contributed by atoms with Crippen LogP contribution in [-0.2, 0) is 6.54 Å². The van der Waals surface area contributed by atoms with Crippen LogP contribution < -0.4 is 0 Å². The normalized spacial score (nSPS) is 21.4. The van der Waals surface area contributed by atoms with Crippen LogP contribution in [0.15, 0.2) is 21.5 Å². The van der Waals surface area contributed by atoms with E-state index in [-0.39, 0.29) is 0 Å². The van der Waals surface area contributed by atoms with Crippen molar-refractivity contribution in [2.75, 3.05) is 13.1 Å². The molecule has 0 amide bonds. The molecule has 0 aromatic carbocycles. The molecule has 0 bridgehead atoms. The van der Waals surface area contributed by atoms with E-state index in [9.17, 15) is 0 Å². The SMILES string of the molecule is c1nc(C2CCN(Cc3cnc(C4CC4)o3)CC2)cs1. The molecule has 2 aromatic rings. The van der Waals surface area contributed by atoms with Gasteiger partial charge in [0.2, 0.25) is 0 Å². The Kier molecular flexibility index (Phi) is 3.32. The van der Waals surface area contributed by atoms with E-state index in [1.54, 1.807) is 11.3 Å². The van der Waals surface area contributed by atoms with E-state index in [0.717, 1.165) is 31.3 Å². The lowest BCUT2D eigenvalue weighted by molar-refractivity contribution is 0.188. The van der Waals surface area contributed by atoms with Gasteiger partial charge in [-0.3, -0.25) is 4.90 Å². The predicted octanol–water partition coefficient (Wildman–Crippen LogP) is 3.39. The Bertz CT molecular complexity index is 553. The number of oxazole rings is 1. The van der Waals surface area contributed by atoms with Gasteiger partial charge in [0.1, 0.15) is 5.76 Å². The molecule has 1 saturated carbocycles. The minimum atomic E-state index is 0.610. The minimum absolute atomic E-state index is 0.610. The number of hydrogen-bond acceptors (Lipinski definition) is 5. The Labute approximate surface area is 122 Å². The zero-order chi connectivity index (χ0) is 13.4. The van der Waals surface area contributed by atoms with E-state index in [4.69, 9.17) is 4.42 Å². The molecule has 2 aliphatic rings. The Hall–Kier alpha value is -1.20. The molecule has 1 aliphatic heterocycles. The maximum Gasteiger partial charge on any atom is 0.197 e. The summed E-state index contributed by atoms with van der Waals surface area (Å²) in [5, 5.41) is 2.19. The summed E-state index contributed by atoms with van der Waals surface area (Å²) >= 11 is 1.70. The van der Waals surface area contributed by atoms with Gasteiger partial charge in [-0.15, -0.1) is 11.3 Å². The third kappa shape index (κ3) is 2.65. The first-order chi connectivity index (χ1) is 9.88. The number of hydrogen-bond donors (Lipinski definition) is 0. The summed E-state index contributed by atoms with van der Waals surface area (Å²) in [4.78, 5) is 11.3. The van der Waals surface area contributed by atoms with Crippen molar-refractivity contribution < 1.29 is 4.42 Å². The number of aromatic nitrogens is 2. The second-order valence-corrected chi connectivity index (χ2v) is 6.62. The summed E-state index contributed by atoms with van der Waals surface area (Å²) in [7, 11) is 0. The molecule has 20 heavy (non-hydrogen) atoms. The highest BCUT2D eigenvalue weighted by Crippen LogP contribution is 2.39. The van der Waals surface area contributed by atoms with Crippen LogP contribution in [0.4, 0.5) is 0 Å². The topological polar surface area (TPSA) is 42.2 Å². The molecule has 0 spiro atoms. The number of nitrogens with zero attached hydrogens (tertiary/aromatic N) is 3. The smallest absolute Gasteiger partial charge is 0.197 e. The van der Waals surface area contributed by atoms with Gasteiger partial charge in [0.15, 0.2) is 5.89 Å². The van der Waals surface area contributed by atoms with Crippen molar-refractivity contribution in [2.24, 2.45) is 0 Å². The molecular weight excluding hydrogens is 270 g/mol. The molecule has 4 nitrogen and oxygen atoms in total. The predicted molar refractivity (Wildman–Crippen MR) is 77.8 cm³/mol. The molecule has 0 radical (unpaired) electrons. The van der Waals surface area contributed by atoms with Crippen molar-refractivity contribution in [2.45, 2.75) is 44.1 Å². The summed E-state index contributed by atoms with van der Waals surface area (Å²) in [5.41, 5.74) is 3.22. The Morgan fingerprint density at radius 3 is 2.70 bits per heavy atom. The van der Waals surface area contributed by atoms with Crippen LogP contribution in [0.3, 0.4) is 0 Å². The van der Waals surface area contributed by atoms with Gasteiger partial charge < -0.3 is 4.42 Å². The number of rotatable bonds is 4. The lowest BCUT2D eigenvalue weighted by Gasteiger charge is -2.30. The second-order valence-electron chi connectivity index (χ2n) is 5.90. The maximum absolute atomic E-state index is 5.85. The van der Waals surface area contributed by atoms with Crippen molar-refractivity contribution in [3.63, 3.8) is 0 Å². The zero-order valence-corrected chi connectivity index (χ0v) is 12.3. The van der Waals surface area contributed by atoms with Crippen LogP contribution in [0.1, 0.15) is 54.9 Å². The van der Waals surface area contributed by atoms with Crippen LogP contribution in [-0.4, -0.2) is 28.0 Å². The summed E-state index contributed by atoms with van der Waals surface area (Å²) in [5.74, 6) is 3.24. The lowest BCUT2D eigenvalue weighted by Crippen LogP contribution is -2.32. The van der Waals surface area contributed by atoms with Gasteiger partial charge in [-0.25, -0.2) is 9.97 Å². The maximum atomic E-state index is 5.85. The van der Waals surface area contributed by atoms with Crippen LogP contribution in [0.5, 0.6) is 0 Å². The number of piperidine rings is 1. The largest absolute Gasteiger partial charge is 0.444 e. The highest BCUT2D eigenvalue weighted by molar-refractivity contribution is 7.07. The van der Waals surface area contributed by atoms with Crippen molar-refractivity contribution in [1.82, 2.24) is 14.9 Å². The number of thiazole rings is 1. The monoisotopic (exact) mass is 289 g/mol. The van der Waals surface area contributed by atoms with E-state index >= 15 is 0 Å². The molecular formula is C15H19N3OS. The fourth-order valence-corrected chi connectivity index (χ4v) is 3.58. The molecule has 1 saturated heterocycles. The highest BCUT2D eigenvalue weighted by atomic mass is 32.1. The van der Waals surface area contributed by atoms with Gasteiger partial charge in [0, 0.05) is 17.2 Å². The van der Waals surface area contributed by atoms with Crippen molar-refractivity contribution >= 4 is 11.3 Å². The van der Waals surface area contributed by atoms with Crippen LogP contribution in [0, 0.1) is 0 Å². The summed E-state index contributed by atoms with van der Waals surface area (Å²) in [6.07, 6.45) is 6.82. The van der Waals surface area contributed by atoms with Gasteiger partial charge in [-0.05, 0) is 38.8 Å². The number of likely N-dealkylation sites (tertiary alicyclic amines) is 1. The second kappa shape index (κ2) is 5.30. The van der Waals surface area contributed by atoms with Gasteiger partial charge >= 0.3 is 0 Å². The van der Waals surface area contributed by atoms with Crippen LogP contribution >= 0.6 is 11.3 Å². The van der Waals surface area contributed by atoms with Crippen molar-refractivity contribution in [3.8, 4) is 0 Å². The third-order valence-electron chi connectivity index (χ3n) is 4.33. The Morgan fingerprint density at radius 1 is 1.15 bits per heavy atom. The summed E-state index contributed by atoms with van der Waals surface area (Å²) in [6, 6.07) is 0. The average molecular weight is 289 g/mol. The standard InChI is InChI=1S/C15H19N3OS/c1-2-12(1)15-16-7-13(19-15)8-18-5-3-11(4-6-18)14-9-20-10-17-14/h7,9-12H,1-6,8H2. The minimum Gasteiger partial charge on any atom is -0.444 e. The Morgan fingerprint density at radius 2 is 2.00 bits per heavy atom. The Balaban J connectivity index is 1.32. The fraction of sp³-hybridized carbons (Fsp3) is 0.600. The molecule has 4 rings (SSSR count). The molecule has 0 unspecified atom stereocenters. The average Bonchev–Trinajstić information content (AvgIpc) is 3.00. The van der Waals surface area contributed by atoms with Gasteiger partial charge in [-0.1, -0.05) is 0 Å². The van der Waals surface area contributed by atoms with E-state index in [0.29, 0.717) is 11.8 Å². The summed E-state index contributed by atoms with van der Waals surface area (Å²) in [6.45, 7) is 3.16. The third-order valence-corrected chi connectivity index (χ3v) is 4.94. The van der Waals surface area contributed by atoms with Crippen molar-refractivity contribution in [3.05, 3.63) is 34.4 Å². The van der Waals surface area contributed by atoms with E-state index in [1.807, 2.05) is 11.7 Å². The van der Waals surface area contributed by atoms with Gasteiger partial charge in [0.25, 0.3) is 0 Å². The first-order valence-corrected chi connectivity index (χ1v) is 8.38. The molecule has 5 heteroatoms. The first kappa shape index (κ1) is 12.5. The van der Waals surface area contributed by atoms with E-state index in [2.05, 4.69) is 20.2 Å². The molecule has 2 aromatic heterocycles. The van der Waals surface area contributed by atoms with Gasteiger partial charge in [0.05, 0.1) is 23.9 Å². The lowest BCUT2D eigenvalue weighted by atomic mass is 9.94. The van der Waals surface area contributed by atoms with E-state index < -0.39 is 0 Å². The quantitative estimate of drug-likeness (QED) is 0.865. The summed E-state index contributed by atoms with van der Waals surface area (Å²) < 4.78 is 5.85. The highest BCUT2D eigenvalue weighted by Gasteiger charge is 2.29. The molecule has 0 atom stereocenters.